The van der Waals surface area contributed by atoms with E-state index in [1.807, 2.05) is 20.8 Å². The highest BCUT2D eigenvalue weighted by Crippen LogP contribution is 2.30. The van der Waals surface area contributed by atoms with E-state index in [2.05, 4.69) is 0 Å². The third kappa shape index (κ3) is 4.97. The first-order valence-electron chi connectivity index (χ1n) is 7.25. The molecule has 0 bridgehead atoms. The SMILES string of the molecule is CCC(OC[Si](OC)(OC)OC)OC1(CC)OCC(C)O1. The molecule has 1 heterocycles. The van der Waals surface area contributed by atoms with E-state index in [4.69, 9.17) is 32.2 Å². The summed E-state index contributed by atoms with van der Waals surface area (Å²) in [7, 11) is 1.85. The van der Waals surface area contributed by atoms with Crippen LogP contribution in [0, 0.1) is 0 Å². The number of hydrogen-bond acceptors (Lipinski definition) is 7. The third-order valence-corrected chi connectivity index (χ3v) is 5.76. The van der Waals surface area contributed by atoms with E-state index in [1.54, 1.807) is 21.3 Å². The maximum atomic E-state index is 5.89. The Morgan fingerprint density at radius 1 is 1.19 bits per heavy atom. The second-order valence-corrected chi connectivity index (χ2v) is 7.72. The van der Waals surface area contributed by atoms with E-state index in [1.165, 1.54) is 0 Å². The lowest BCUT2D eigenvalue weighted by atomic mass is 10.4. The molecule has 1 aliphatic heterocycles. The minimum atomic E-state index is -2.78. The van der Waals surface area contributed by atoms with E-state index in [0.29, 0.717) is 19.4 Å². The van der Waals surface area contributed by atoms with Gasteiger partial charge in [-0.2, -0.15) is 0 Å². The summed E-state index contributed by atoms with van der Waals surface area (Å²) in [6, 6.07) is 0. The molecular weight excluding hydrogens is 296 g/mol. The van der Waals surface area contributed by atoms with Crippen LogP contribution in [0.25, 0.3) is 0 Å². The second-order valence-electron chi connectivity index (χ2n) is 4.84. The van der Waals surface area contributed by atoms with Crippen LogP contribution in [-0.2, 0) is 32.2 Å². The van der Waals surface area contributed by atoms with Gasteiger partial charge in [-0.1, -0.05) is 13.8 Å². The van der Waals surface area contributed by atoms with Gasteiger partial charge in [-0.25, -0.2) is 0 Å². The zero-order valence-corrected chi connectivity index (χ0v) is 14.8. The summed E-state index contributed by atoms with van der Waals surface area (Å²) >= 11 is 0. The van der Waals surface area contributed by atoms with Gasteiger partial charge in [0.1, 0.15) is 6.23 Å². The lowest BCUT2D eigenvalue weighted by Gasteiger charge is -2.32. The van der Waals surface area contributed by atoms with Crippen molar-refractivity contribution in [1.82, 2.24) is 0 Å². The van der Waals surface area contributed by atoms with Crippen LogP contribution < -0.4 is 0 Å². The van der Waals surface area contributed by atoms with Gasteiger partial charge in [-0.15, -0.1) is 0 Å². The van der Waals surface area contributed by atoms with E-state index in [0.717, 1.165) is 0 Å². The van der Waals surface area contributed by atoms with E-state index >= 15 is 0 Å². The van der Waals surface area contributed by atoms with Crippen molar-refractivity contribution in [2.45, 2.75) is 52.0 Å². The highest BCUT2D eigenvalue weighted by Gasteiger charge is 2.44. The average molecular weight is 324 g/mol. The first-order chi connectivity index (χ1) is 9.98. The van der Waals surface area contributed by atoms with Gasteiger partial charge in [0, 0.05) is 27.8 Å². The van der Waals surface area contributed by atoms with Crippen LogP contribution in [0.15, 0.2) is 0 Å². The quantitative estimate of drug-likeness (QED) is 0.447. The van der Waals surface area contributed by atoms with E-state index < -0.39 is 21.1 Å². The van der Waals surface area contributed by atoms with Gasteiger partial charge in [-0.05, 0) is 13.3 Å². The highest BCUT2D eigenvalue weighted by atomic mass is 28.4. The molecule has 0 aromatic carbocycles. The lowest BCUT2D eigenvalue weighted by Crippen LogP contribution is -2.50. The molecule has 0 spiro atoms. The van der Waals surface area contributed by atoms with Crippen molar-refractivity contribution in [2.75, 3.05) is 34.2 Å². The molecule has 0 N–H and O–H groups in total. The summed E-state index contributed by atoms with van der Waals surface area (Å²) in [5.74, 6) is -1.03. The minimum absolute atomic E-state index is 0.00727. The molecule has 126 valence electrons. The van der Waals surface area contributed by atoms with Crippen molar-refractivity contribution in [3.05, 3.63) is 0 Å². The molecule has 7 nitrogen and oxygen atoms in total. The third-order valence-electron chi connectivity index (χ3n) is 3.38. The van der Waals surface area contributed by atoms with Gasteiger partial charge >= 0.3 is 8.80 Å². The van der Waals surface area contributed by atoms with Gasteiger partial charge in [-0.3, -0.25) is 4.74 Å². The first kappa shape index (κ1) is 19.0. The van der Waals surface area contributed by atoms with Crippen LogP contribution in [0.5, 0.6) is 0 Å². The Kier molecular flexibility index (Phi) is 7.72. The molecule has 8 heteroatoms. The fourth-order valence-corrected chi connectivity index (χ4v) is 3.25. The molecule has 1 aliphatic rings. The molecule has 1 saturated heterocycles. The van der Waals surface area contributed by atoms with Gasteiger partial charge in [0.2, 0.25) is 0 Å². The topological polar surface area (TPSA) is 64.6 Å². The van der Waals surface area contributed by atoms with Crippen molar-refractivity contribution in [3.8, 4) is 0 Å². The molecule has 3 unspecified atom stereocenters. The summed E-state index contributed by atoms with van der Waals surface area (Å²) in [5, 5.41) is 0. The highest BCUT2D eigenvalue weighted by molar-refractivity contribution is 6.60. The summed E-state index contributed by atoms with van der Waals surface area (Å²) in [6.07, 6.45) is 0.948. The molecule has 3 atom stereocenters. The van der Waals surface area contributed by atoms with Crippen molar-refractivity contribution in [2.24, 2.45) is 0 Å². The number of rotatable bonds is 10. The summed E-state index contributed by atoms with van der Waals surface area (Å²) < 4.78 is 39.0. The van der Waals surface area contributed by atoms with Gasteiger partial charge in [0.05, 0.1) is 12.7 Å². The molecule has 21 heavy (non-hydrogen) atoms. The molecule has 0 saturated carbocycles. The first-order valence-corrected chi connectivity index (χ1v) is 9.18. The van der Waals surface area contributed by atoms with E-state index in [9.17, 15) is 0 Å². The maximum Gasteiger partial charge on any atom is 0.527 e. The molecule has 0 amide bonds. The van der Waals surface area contributed by atoms with Crippen LogP contribution in [0.3, 0.4) is 0 Å². The number of hydrogen-bond donors (Lipinski definition) is 0. The van der Waals surface area contributed by atoms with Crippen LogP contribution >= 0.6 is 0 Å². The Bertz CT molecular complexity index is 292. The van der Waals surface area contributed by atoms with Crippen molar-refractivity contribution in [3.63, 3.8) is 0 Å². The largest absolute Gasteiger partial charge is 0.527 e. The van der Waals surface area contributed by atoms with Crippen LogP contribution in [0.1, 0.15) is 33.6 Å². The van der Waals surface area contributed by atoms with E-state index in [-0.39, 0.29) is 12.3 Å². The lowest BCUT2D eigenvalue weighted by molar-refractivity contribution is -0.385. The second kappa shape index (κ2) is 8.54. The van der Waals surface area contributed by atoms with Crippen LogP contribution in [-0.4, -0.2) is 61.3 Å². The molecule has 0 radical (unpaired) electrons. The van der Waals surface area contributed by atoms with Gasteiger partial charge < -0.3 is 27.5 Å². The summed E-state index contributed by atoms with van der Waals surface area (Å²) in [5.41, 5.74) is 0. The smallest absolute Gasteiger partial charge is 0.375 e. The van der Waals surface area contributed by atoms with Crippen molar-refractivity contribution < 1.29 is 32.2 Å². The van der Waals surface area contributed by atoms with Crippen LogP contribution in [0.2, 0.25) is 0 Å². The number of ether oxygens (including phenoxy) is 4. The van der Waals surface area contributed by atoms with Crippen molar-refractivity contribution in [1.29, 1.82) is 0 Å². The predicted octanol–water partition coefficient (Wildman–Crippen LogP) is 1.67. The Labute approximate surface area is 128 Å². The van der Waals surface area contributed by atoms with Gasteiger partial charge in [0.15, 0.2) is 6.29 Å². The predicted molar refractivity (Wildman–Crippen MR) is 77.4 cm³/mol. The molecule has 1 fully saturated rings. The average Bonchev–Trinajstić information content (AvgIpc) is 2.89. The zero-order valence-electron chi connectivity index (χ0n) is 13.8. The maximum absolute atomic E-state index is 5.89. The molecule has 0 aliphatic carbocycles. The Morgan fingerprint density at radius 2 is 1.81 bits per heavy atom. The zero-order chi connectivity index (χ0) is 15.9. The fraction of sp³-hybridized carbons (Fsp3) is 1.00. The Morgan fingerprint density at radius 3 is 2.19 bits per heavy atom. The monoisotopic (exact) mass is 324 g/mol. The Balaban J connectivity index is 2.59. The van der Waals surface area contributed by atoms with Crippen LogP contribution in [0.4, 0.5) is 0 Å². The van der Waals surface area contributed by atoms with Crippen molar-refractivity contribution >= 4 is 8.80 Å². The minimum Gasteiger partial charge on any atom is -0.375 e. The molecule has 0 aromatic rings. The molecule has 1 rings (SSSR count). The summed E-state index contributed by atoms with van der Waals surface area (Å²) in [6.45, 7) is 6.36. The Hall–Kier alpha value is -0.0631. The standard InChI is InChI=1S/C13H28O7Si/c1-7-12(17-10-21(14-4,15-5)16-6)20-13(8-2)18-9-11(3)19-13/h11-12H,7-10H2,1-6H3. The normalized spacial score (nSPS) is 28.0. The fourth-order valence-electron chi connectivity index (χ4n) is 2.01. The van der Waals surface area contributed by atoms with Gasteiger partial charge in [0.25, 0.3) is 5.97 Å². The molecular formula is C13H28O7Si. The molecule has 0 aromatic heterocycles. The summed E-state index contributed by atoms with van der Waals surface area (Å²) in [4.78, 5) is 0.